The summed E-state index contributed by atoms with van der Waals surface area (Å²) in [5, 5.41) is 10.1. The van der Waals surface area contributed by atoms with Crippen LogP contribution in [0.3, 0.4) is 0 Å². The maximum atomic E-state index is 12.4. The highest BCUT2D eigenvalue weighted by atomic mass is 16.5. The number of carbonyl (C=O) groups excluding carboxylic acids is 1. The van der Waals surface area contributed by atoms with Crippen molar-refractivity contribution in [1.82, 2.24) is 0 Å². The summed E-state index contributed by atoms with van der Waals surface area (Å²) >= 11 is 0. The van der Waals surface area contributed by atoms with E-state index in [0.717, 1.165) is 0 Å². The smallest absolute Gasteiger partial charge is 0.232 e. The predicted molar refractivity (Wildman–Crippen MR) is 74.3 cm³/mol. The molecule has 0 aliphatic heterocycles. The Morgan fingerprint density at radius 1 is 1.15 bits per heavy atom. The molecule has 1 aromatic heterocycles. The highest BCUT2D eigenvalue weighted by molar-refractivity contribution is 6.12. The van der Waals surface area contributed by atoms with Gasteiger partial charge in [-0.1, -0.05) is 30.3 Å². The second kappa shape index (κ2) is 4.74. The van der Waals surface area contributed by atoms with Gasteiger partial charge in [-0.3, -0.25) is 4.79 Å². The Morgan fingerprint density at radius 2 is 1.90 bits per heavy atom. The lowest BCUT2D eigenvalue weighted by Crippen LogP contribution is -2.01. The molecule has 0 saturated carbocycles. The molecule has 1 N–H and O–H groups in total. The zero-order chi connectivity index (χ0) is 14.1. The molecule has 0 spiro atoms. The summed E-state index contributed by atoms with van der Waals surface area (Å²) in [6.45, 7) is 0. The predicted octanol–water partition coefficient (Wildman–Crippen LogP) is 3.38. The van der Waals surface area contributed by atoms with Gasteiger partial charge < -0.3 is 14.3 Å². The van der Waals surface area contributed by atoms with Crippen LogP contribution in [0.5, 0.6) is 11.5 Å². The van der Waals surface area contributed by atoms with E-state index in [9.17, 15) is 9.90 Å². The van der Waals surface area contributed by atoms with E-state index < -0.39 is 0 Å². The number of carbonyl (C=O) groups is 1. The maximum absolute atomic E-state index is 12.4. The molecule has 0 aliphatic rings. The molecule has 4 nitrogen and oxygen atoms in total. The first-order chi connectivity index (χ1) is 9.70. The van der Waals surface area contributed by atoms with Gasteiger partial charge in [0, 0.05) is 11.6 Å². The van der Waals surface area contributed by atoms with E-state index in [1.807, 2.05) is 6.07 Å². The number of phenols is 1. The van der Waals surface area contributed by atoms with Gasteiger partial charge in [0.15, 0.2) is 5.75 Å². The van der Waals surface area contributed by atoms with Crippen molar-refractivity contribution in [2.75, 3.05) is 7.11 Å². The fraction of sp³-hybridized carbons (Fsp3) is 0.0625. The van der Waals surface area contributed by atoms with Crippen LogP contribution < -0.4 is 4.74 Å². The van der Waals surface area contributed by atoms with Crippen molar-refractivity contribution in [1.29, 1.82) is 0 Å². The minimum absolute atomic E-state index is 0.0765. The first kappa shape index (κ1) is 12.3. The lowest BCUT2D eigenvalue weighted by molar-refractivity contribution is 0.101. The number of ketones is 1. The van der Waals surface area contributed by atoms with Gasteiger partial charge in [-0.2, -0.15) is 0 Å². The first-order valence-corrected chi connectivity index (χ1v) is 6.10. The SMILES string of the molecule is COc1c(C(=O)c2ccccc2)oc2cc(O)ccc12. The molecule has 0 saturated heterocycles. The Bertz CT molecular complexity index is 772. The average Bonchev–Trinajstić information content (AvgIpc) is 2.84. The van der Waals surface area contributed by atoms with Crippen LogP contribution in [-0.2, 0) is 0 Å². The number of furan rings is 1. The topological polar surface area (TPSA) is 59.7 Å². The van der Waals surface area contributed by atoms with Crippen LogP contribution in [0.2, 0.25) is 0 Å². The van der Waals surface area contributed by atoms with Gasteiger partial charge in [0.25, 0.3) is 0 Å². The number of fused-ring (bicyclic) bond motifs is 1. The zero-order valence-corrected chi connectivity index (χ0v) is 10.8. The third-order valence-corrected chi connectivity index (χ3v) is 3.07. The molecule has 0 bridgehead atoms. The van der Waals surface area contributed by atoms with Crippen LogP contribution >= 0.6 is 0 Å². The third-order valence-electron chi connectivity index (χ3n) is 3.07. The number of aromatic hydroxyl groups is 1. The quantitative estimate of drug-likeness (QED) is 0.740. The largest absolute Gasteiger partial charge is 0.508 e. The minimum Gasteiger partial charge on any atom is -0.508 e. The Hall–Kier alpha value is -2.75. The number of methoxy groups -OCH3 is 1. The summed E-state index contributed by atoms with van der Waals surface area (Å²) in [7, 11) is 1.49. The van der Waals surface area contributed by atoms with Gasteiger partial charge >= 0.3 is 0 Å². The molecule has 3 aromatic rings. The summed E-state index contributed by atoms with van der Waals surface area (Å²) in [5.41, 5.74) is 0.940. The number of phenolic OH excluding ortho intramolecular Hbond substituents is 1. The van der Waals surface area contributed by atoms with Crippen molar-refractivity contribution < 1.29 is 19.1 Å². The number of ether oxygens (including phenoxy) is 1. The van der Waals surface area contributed by atoms with Gasteiger partial charge in [-0.15, -0.1) is 0 Å². The van der Waals surface area contributed by atoms with Crippen molar-refractivity contribution in [3.63, 3.8) is 0 Å². The Kier molecular flexibility index (Phi) is 2.91. The van der Waals surface area contributed by atoms with Crippen LogP contribution in [0, 0.1) is 0 Å². The average molecular weight is 268 g/mol. The fourth-order valence-corrected chi connectivity index (χ4v) is 2.13. The molecular formula is C16H12O4. The van der Waals surface area contributed by atoms with E-state index in [2.05, 4.69) is 0 Å². The number of benzene rings is 2. The van der Waals surface area contributed by atoms with Crippen molar-refractivity contribution in [2.45, 2.75) is 0 Å². The number of hydrogen-bond acceptors (Lipinski definition) is 4. The maximum Gasteiger partial charge on any atom is 0.232 e. The monoisotopic (exact) mass is 268 g/mol. The normalized spacial score (nSPS) is 10.7. The fourth-order valence-electron chi connectivity index (χ4n) is 2.13. The second-order valence-corrected chi connectivity index (χ2v) is 4.34. The highest BCUT2D eigenvalue weighted by Gasteiger charge is 2.22. The van der Waals surface area contributed by atoms with Crippen LogP contribution in [0.25, 0.3) is 11.0 Å². The standard InChI is InChI=1S/C16H12O4/c1-19-15-12-8-7-11(17)9-13(12)20-16(15)14(18)10-5-3-2-4-6-10/h2-9,17H,1H3. The molecule has 2 aromatic carbocycles. The summed E-state index contributed by atoms with van der Waals surface area (Å²) in [5.74, 6) is 0.346. The van der Waals surface area contributed by atoms with E-state index in [1.165, 1.54) is 19.2 Å². The van der Waals surface area contributed by atoms with Crippen molar-refractivity contribution in [2.24, 2.45) is 0 Å². The van der Waals surface area contributed by atoms with Gasteiger partial charge in [-0.05, 0) is 12.1 Å². The summed E-state index contributed by atoms with van der Waals surface area (Å²) < 4.78 is 10.8. The molecular weight excluding hydrogens is 256 g/mol. The van der Waals surface area contributed by atoms with Crippen LogP contribution in [-0.4, -0.2) is 18.0 Å². The first-order valence-electron chi connectivity index (χ1n) is 6.10. The van der Waals surface area contributed by atoms with Crippen LogP contribution in [0.4, 0.5) is 0 Å². The molecule has 0 unspecified atom stereocenters. The molecule has 3 rings (SSSR count). The highest BCUT2D eigenvalue weighted by Crippen LogP contribution is 2.35. The van der Waals surface area contributed by atoms with Gasteiger partial charge in [0.1, 0.15) is 11.3 Å². The Balaban J connectivity index is 2.18. The van der Waals surface area contributed by atoms with E-state index >= 15 is 0 Å². The van der Waals surface area contributed by atoms with E-state index in [-0.39, 0.29) is 17.3 Å². The van der Waals surface area contributed by atoms with E-state index in [4.69, 9.17) is 9.15 Å². The van der Waals surface area contributed by atoms with Gasteiger partial charge in [-0.25, -0.2) is 0 Å². The van der Waals surface area contributed by atoms with Crippen molar-refractivity contribution >= 4 is 16.8 Å². The molecule has 0 fully saturated rings. The van der Waals surface area contributed by atoms with Gasteiger partial charge in [0.05, 0.1) is 12.5 Å². The summed E-state index contributed by atoms with van der Waals surface area (Å²) in [4.78, 5) is 12.4. The lowest BCUT2D eigenvalue weighted by Gasteiger charge is -2.01. The second-order valence-electron chi connectivity index (χ2n) is 4.34. The zero-order valence-electron chi connectivity index (χ0n) is 10.8. The van der Waals surface area contributed by atoms with E-state index in [0.29, 0.717) is 22.3 Å². The summed E-state index contributed by atoms with van der Waals surface area (Å²) in [6, 6.07) is 13.5. The molecule has 4 heteroatoms. The van der Waals surface area contributed by atoms with Crippen LogP contribution in [0.15, 0.2) is 52.9 Å². The van der Waals surface area contributed by atoms with Crippen molar-refractivity contribution in [3.8, 4) is 11.5 Å². The number of rotatable bonds is 3. The number of hydrogen-bond donors (Lipinski definition) is 1. The molecule has 1 heterocycles. The minimum atomic E-state index is -0.252. The molecule has 0 amide bonds. The molecule has 0 radical (unpaired) electrons. The third kappa shape index (κ3) is 1.91. The van der Waals surface area contributed by atoms with Gasteiger partial charge in [0.2, 0.25) is 11.5 Å². The Morgan fingerprint density at radius 3 is 2.60 bits per heavy atom. The molecule has 0 atom stereocenters. The molecule has 0 aliphatic carbocycles. The van der Waals surface area contributed by atoms with E-state index in [1.54, 1.807) is 30.3 Å². The van der Waals surface area contributed by atoms with Crippen LogP contribution in [0.1, 0.15) is 16.1 Å². The lowest BCUT2D eigenvalue weighted by atomic mass is 10.1. The molecule has 20 heavy (non-hydrogen) atoms. The summed E-state index contributed by atoms with van der Waals surface area (Å²) in [6.07, 6.45) is 0. The molecule has 100 valence electrons. The Labute approximate surface area is 115 Å². The van der Waals surface area contributed by atoms with Crippen molar-refractivity contribution in [3.05, 3.63) is 59.9 Å².